The predicted octanol–water partition coefficient (Wildman–Crippen LogP) is 0.361. The van der Waals surface area contributed by atoms with Gasteiger partial charge in [0.2, 0.25) is 5.91 Å². The van der Waals surface area contributed by atoms with Gasteiger partial charge < -0.3 is 10.5 Å². The van der Waals surface area contributed by atoms with Crippen molar-refractivity contribution in [3.05, 3.63) is 0 Å². The highest BCUT2D eigenvalue weighted by Crippen LogP contribution is 2.42. The first-order valence-electron chi connectivity index (χ1n) is 5.73. The first-order valence-corrected chi connectivity index (χ1v) is 5.73. The van der Waals surface area contributed by atoms with E-state index in [0.29, 0.717) is 5.92 Å². The average Bonchev–Trinajstić information content (AvgIpc) is 2.98. The molecule has 0 aromatic rings. The summed E-state index contributed by atoms with van der Waals surface area (Å²) in [6, 6.07) is 0. The van der Waals surface area contributed by atoms with Crippen molar-refractivity contribution in [3.63, 3.8) is 0 Å². The molecule has 4 heteroatoms. The number of amides is 1. The Morgan fingerprint density at radius 1 is 1.53 bits per heavy atom. The van der Waals surface area contributed by atoms with Crippen molar-refractivity contribution in [2.45, 2.75) is 38.3 Å². The third-order valence-corrected chi connectivity index (χ3v) is 3.62. The number of nitrogens with two attached hydrogens (primary N) is 1. The van der Waals surface area contributed by atoms with Gasteiger partial charge in [0.1, 0.15) is 5.54 Å². The fourth-order valence-electron chi connectivity index (χ4n) is 2.30. The van der Waals surface area contributed by atoms with Crippen LogP contribution in [0, 0.1) is 5.92 Å². The van der Waals surface area contributed by atoms with Gasteiger partial charge in [0.25, 0.3) is 0 Å². The summed E-state index contributed by atoms with van der Waals surface area (Å²) in [7, 11) is 0. The van der Waals surface area contributed by atoms with E-state index in [0.717, 1.165) is 32.5 Å². The van der Waals surface area contributed by atoms with E-state index in [1.54, 1.807) is 0 Å². The summed E-state index contributed by atoms with van der Waals surface area (Å²) >= 11 is 0. The minimum Gasteiger partial charge on any atom is -0.375 e. The fourth-order valence-corrected chi connectivity index (χ4v) is 2.30. The van der Waals surface area contributed by atoms with E-state index in [2.05, 4.69) is 18.7 Å². The highest BCUT2D eigenvalue weighted by Gasteiger charge is 2.54. The number of hydrogen-bond acceptors (Lipinski definition) is 3. The van der Waals surface area contributed by atoms with Crippen LogP contribution in [0.15, 0.2) is 0 Å². The lowest BCUT2D eigenvalue weighted by Gasteiger charge is -2.38. The maximum absolute atomic E-state index is 11.4. The Labute approximate surface area is 90.8 Å². The van der Waals surface area contributed by atoms with Gasteiger partial charge in [-0.25, -0.2) is 0 Å². The van der Waals surface area contributed by atoms with Crippen LogP contribution in [0.2, 0.25) is 0 Å². The van der Waals surface area contributed by atoms with E-state index in [-0.39, 0.29) is 17.6 Å². The Morgan fingerprint density at radius 3 is 2.67 bits per heavy atom. The van der Waals surface area contributed by atoms with Crippen molar-refractivity contribution in [1.29, 1.82) is 0 Å². The second-order valence-corrected chi connectivity index (χ2v) is 5.00. The van der Waals surface area contributed by atoms with Gasteiger partial charge in [-0.1, -0.05) is 13.8 Å². The van der Waals surface area contributed by atoms with Gasteiger partial charge >= 0.3 is 0 Å². The van der Waals surface area contributed by atoms with Crippen molar-refractivity contribution in [1.82, 2.24) is 4.90 Å². The van der Waals surface area contributed by atoms with E-state index in [1.807, 2.05) is 0 Å². The molecule has 1 saturated heterocycles. The van der Waals surface area contributed by atoms with E-state index < -0.39 is 0 Å². The Hall–Kier alpha value is -0.610. The number of ether oxygens (including phenoxy) is 1. The molecule has 1 aliphatic carbocycles. The maximum atomic E-state index is 11.4. The summed E-state index contributed by atoms with van der Waals surface area (Å²) < 4.78 is 5.68. The van der Waals surface area contributed by atoms with Crippen LogP contribution in [-0.4, -0.2) is 42.1 Å². The molecule has 1 saturated carbocycles. The second kappa shape index (κ2) is 3.76. The summed E-state index contributed by atoms with van der Waals surface area (Å²) in [6.45, 7) is 6.71. The summed E-state index contributed by atoms with van der Waals surface area (Å²) in [5, 5.41) is 0. The maximum Gasteiger partial charge on any atom is 0.237 e. The first kappa shape index (κ1) is 10.9. The number of nitrogens with zero attached hydrogens (tertiary/aromatic N) is 1. The Balaban J connectivity index is 2.02. The SMILES string of the molecule is CC(C)C1CN(C2(C(N)=O)CC2)CCO1. The molecule has 2 fully saturated rings. The van der Waals surface area contributed by atoms with Gasteiger partial charge in [-0.3, -0.25) is 9.69 Å². The van der Waals surface area contributed by atoms with Crippen LogP contribution < -0.4 is 5.73 Å². The minimum absolute atomic E-state index is 0.160. The van der Waals surface area contributed by atoms with Crippen LogP contribution >= 0.6 is 0 Å². The molecular formula is C11H20N2O2. The number of morpholine rings is 1. The summed E-state index contributed by atoms with van der Waals surface area (Å²) in [4.78, 5) is 13.6. The van der Waals surface area contributed by atoms with Crippen molar-refractivity contribution in [3.8, 4) is 0 Å². The van der Waals surface area contributed by atoms with Gasteiger partial charge in [-0.2, -0.15) is 0 Å². The largest absolute Gasteiger partial charge is 0.375 e. The van der Waals surface area contributed by atoms with E-state index in [1.165, 1.54) is 0 Å². The molecule has 2 rings (SSSR count). The molecule has 1 amide bonds. The third-order valence-electron chi connectivity index (χ3n) is 3.62. The van der Waals surface area contributed by atoms with E-state index in [4.69, 9.17) is 10.5 Å². The Morgan fingerprint density at radius 2 is 2.20 bits per heavy atom. The molecule has 2 N–H and O–H groups in total. The monoisotopic (exact) mass is 212 g/mol. The molecule has 4 nitrogen and oxygen atoms in total. The molecule has 0 aromatic heterocycles. The molecule has 1 unspecified atom stereocenters. The van der Waals surface area contributed by atoms with Gasteiger partial charge in [0.15, 0.2) is 0 Å². The molecule has 0 aromatic carbocycles. The Kier molecular flexibility index (Phi) is 2.73. The normalized spacial score (nSPS) is 30.5. The van der Waals surface area contributed by atoms with Crippen molar-refractivity contribution < 1.29 is 9.53 Å². The van der Waals surface area contributed by atoms with Crippen LogP contribution in [0.1, 0.15) is 26.7 Å². The van der Waals surface area contributed by atoms with Gasteiger partial charge in [0.05, 0.1) is 12.7 Å². The molecular weight excluding hydrogens is 192 g/mol. The first-order chi connectivity index (χ1) is 7.06. The van der Waals surface area contributed by atoms with Gasteiger partial charge in [-0.15, -0.1) is 0 Å². The lowest BCUT2D eigenvalue weighted by atomic mass is 10.0. The Bertz CT molecular complexity index is 261. The summed E-state index contributed by atoms with van der Waals surface area (Å²) in [6.07, 6.45) is 2.09. The summed E-state index contributed by atoms with van der Waals surface area (Å²) in [5.74, 6) is 0.336. The zero-order chi connectivity index (χ0) is 11.1. The topological polar surface area (TPSA) is 55.6 Å². The van der Waals surface area contributed by atoms with Crippen molar-refractivity contribution in [2.24, 2.45) is 11.7 Å². The molecule has 1 heterocycles. The lowest BCUT2D eigenvalue weighted by molar-refractivity contribution is -0.130. The molecule has 15 heavy (non-hydrogen) atoms. The van der Waals surface area contributed by atoms with Crippen LogP contribution in [0.4, 0.5) is 0 Å². The number of carbonyl (C=O) groups is 1. The van der Waals surface area contributed by atoms with E-state index >= 15 is 0 Å². The molecule has 1 atom stereocenters. The molecule has 1 aliphatic heterocycles. The second-order valence-electron chi connectivity index (χ2n) is 5.00. The molecule has 2 aliphatic rings. The summed E-state index contributed by atoms with van der Waals surface area (Å²) in [5.41, 5.74) is 5.14. The molecule has 86 valence electrons. The fraction of sp³-hybridized carbons (Fsp3) is 0.909. The van der Waals surface area contributed by atoms with Crippen molar-refractivity contribution in [2.75, 3.05) is 19.7 Å². The predicted molar refractivity (Wildman–Crippen MR) is 57.3 cm³/mol. The minimum atomic E-state index is -0.322. The standard InChI is InChI=1S/C11H20N2O2/c1-8(2)9-7-13(5-6-15-9)11(3-4-11)10(12)14/h8-9H,3-7H2,1-2H3,(H2,12,14). The van der Waals surface area contributed by atoms with Crippen LogP contribution in [0.25, 0.3) is 0 Å². The van der Waals surface area contributed by atoms with E-state index in [9.17, 15) is 4.79 Å². The molecule has 0 radical (unpaired) electrons. The highest BCUT2D eigenvalue weighted by atomic mass is 16.5. The molecule has 0 bridgehead atoms. The average molecular weight is 212 g/mol. The molecule has 0 spiro atoms. The van der Waals surface area contributed by atoms with Crippen LogP contribution in [0.5, 0.6) is 0 Å². The lowest BCUT2D eigenvalue weighted by Crippen LogP contribution is -2.55. The number of hydrogen-bond donors (Lipinski definition) is 1. The zero-order valence-corrected chi connectivity index (χ0v) is 9.53. The smallest absolute Gasteiger partial charge is 0.237 e. The number of primary amides is 1. The zero-order valence-electron chi connectivity index (χ0n) is 9.53. The van der Waals surface area contributed by atoms with Gasteiger partial charge in [-0.05, 0) is 18.8 Å². The van der Waals surface area contributed by atoms with Crippen LogP contribution in [0.3, 0.4) is 0 Å². The van der Waals surface area contributed by atoms with Gasteiger partial charge in [0, 0.05) is 13.1 Å². The van der Waals surface area contributed by atoms with Crippen molar-refractivity contribution >= 4 is 5.91 Å². The quantitative estimate of drug-likeness (QED) is 0.735. The third kappa shape index (κ3) is 1.88. The van der Waals surface area contributed by atoms with Crippen LogP contribution in [-0.2, 0) is 9.53 Å². The highest BCUT2D eigenvalue weighted by molar-refractivity contribution is 5.87. The number of carbonyl (C=O) groups excluding carboxylic acids is 1. The number of rotatable bonds is 3.